The summed E-state index contributed by atoms with van der Waals surface area (Å²) in [5.74, 6) is -0.746. The Hall–Kier alpha value is -2.85. The van der Waals surface area contributed by atoms with Crippen molar-refractivity contribution in [3.8, 4) is 0 Å². The summed E-state index contributed by atoms with van der Waals surface area (Å²) in [6.45, 7) is 0.839. The first-order chi connectivity index (χ1) is 13.1. The monoisotopic (exact) mass is 407 g/mol. The molecule has 10 heteroatoms. The van der Waals surface area contributed by atoms with Crippen LogP contribution in [0.3, 0.4) is 0 Å². The van der Waals surface area contributed by atoms with Gasteiger partial charge in [0.1, 0.15) is 5.82 Å². The van der Waals surface area contributed by atoms with E-state index in [1.807, 2.05) is 0 Å². The van der Waals surface area contributed by atoms with Gasteiger partial charge in [-0.05, 0) is 43.2 Å². The van der Waals surface area contributed by atoms with Crippen molar-refractivity contribution in [2.24, 2.45) is 11.1 Å². The number of halogens is 1. The number of carbonyl (C=O) groups excluding carboxylic acids is 1. The van der Waals surface area contributed by atoms with Gasteiger partial charge in [0, 0.05) is 42.4 Å². The van der Waals surface area contributed by atoms with Crippen LogP contribution < -0.4 is 10.0 Å². The summed E-state index contributed by atoms with van der Waals surface area (Å²) in [6.07, 6.45) is 0.979. The van der Waals surface area contributed by atoms with Gasteiger partial charge in [-0.15, -0.1) is 0 Å². The minimum Gasteiger partial charge on any atom is -0.371 e. The first-order valence-corrected chi connectivity index (χ1v) is 10.1. The molecule has 1 aliphatic rings. The second kappa shape index (κ2) is 7.64. The predicted molar refractivity (Wildman–Crippen MR) is 100 cm³/mol. The van der Waals surface area contributed by atoms with Gasteiger partial charge in [-0.1, -0.05) is 0 Å². The molecule has 2 aromatic carbocycles. The molecule has 0 amide bonds. The zero-order valence-corrected chi connectivity index (χ0v) is 15.6. The van der Waals surface area contributed by atoms with Crippen LogP contribution in [0.4, 0.5) is 15.8 Å². The quantitative estimate of drug-likeness (QED) is 0.461. The molecule has 148 valence electrons. The zero-order valence-electron chi connectivity index (χ0n) is 14.7. The van der Waals surface area contributed by atoms with Crippen molar-refractivity contribution in [1.29, 1.82) is 0 Å². The number of sulfonamides is 1. The Bertz CT molecular complexity index is 1020. The second-order valence-electron chi connectivity index (χ2n) is 6.62. The highest BCUT2D eigenvalue weighted by molar-refractivity contribution is 7.89. The largest absolute Gasteiger partial charge is 0.371 e. The second-order valence-corrected chi connectivity index (χ2v) is 8.18. The maximum Gasteiger partial charge on any atom is 0.272 e. The molecule has 0 atom stereocenters. The highest BCUT2D eigenvalue weighted by atomic mass is 32.2. The SMILES string of the molecule is NS(=O)(=O)c1cc(N2CCC(C(=O)c3ccc(F)cc3)CC2)cc([N+](=O)[O-])c1. The Kier molecular flexibility index (Phi) is 5.43. The van der Waals surface area contributed by atoms with E-state index >= 15 is 0 Å². The Balaban J connectivity index is 1.77. The number of nitrogens with zero attached hydrogens (tertiary/aromatic N) is 2. The maximum absolute atomic E-state index is 13.0. The minimum absolute atomic E-state index is 0.0797. The number of nitrogens with two attached hydrogens (primary N) is 1. The summed E-state index contributed by atoms with van der Waals surface area (Å²) >= 11 is 0. The molecule has 0 saturated carbocycles. The van der Waals surface area contributed by atoms with Crippen LogP contribution in [-0.2, 0) is 10.0 Å². The van der Waals surface area contributed by atoms with Gasteiger partial charge in [-0.25, -0.2) is 17.9 Å². The van der Waals surface area contributed by atoms with E-state index in [1.54, 1.807) is 4.90 Å². The smallest absolute Gasteiger partial charge is 0.272 e. The number of primary sulfonamides is 1. The number of benzene rings is 2. The minimum atomic E-state index is -4.10. The third kappa shape index (κ3) is 4.34. The molecule has 1 heterocycles. The Labute approximate surface area is 161 Å². The third-order valence-corrected chi connectivity index (χ3v) is 5.67. The highest BCUT2D eigenvalue weighted by Gasteiger charge is 2.27. The van der Waals surface area contributed by atoms with E-state index in [2.05, 4.69) is 0 Å². The summed E-state index contributed by atoms with van der Waals surface area (Å²) in [5.41, 5.74) is 0.434. The normalized spacial score (nSPS) is 15.4. The summed E-state index contributed by atoms with van der Waals surface area (Å²) in [4.78, 5) is 24.5. The van der Waals surface area contributed by atoms with Crippen molar-refractivity contribution in [3.63, 3.8) is 0 Å². The van der Waals surface area contributed by atoms with Gasteiger partial charge in [0.2, 0.25) is 10.0 Å². The summed E-state index contributed by atoms with van der Waals surface area (Å²) in [5, 5.41) is 16.2. The molecule has 3 rings (SSSR count). The molecular formula is C18H18FN3O5S. The molecule has 0 radical (unpaired) electrons. The molecule has 0 unspecified atom stereocenters. The number of hydrogen-bond donors (Lipinski definition) is 1. The molecular weight excluding hydrogens is 389 g/mol. The van der Waals surface area contributed by atoms with Gasteiger partial charge in [-0.2, -0.15) is 0 Å². The summed E-state index contributed by atoms with van der Waals surface area (Å²) < 4.78 is 36.3. The number of rotatable bonds is 5. The molecule has 0 spiro atoms. The van der Waals surface area contributed by atoms with E-state index in [0.29, 0.717) is 37.2 Å². The number of Topliss-reactive ketones (excluding diaryl/α,β-unsaturated/α-hetero) is 1. The zero-order chi connectivity index (χ0) is 20.5. The van der Waals surface area contributed by atoms with Crippen molar-refractivity contribution in [2.45, 2.75) is 17.7 Å². The Morgan fingerprint density at radius 1 is 1.14 bits per heavy atom. The Morgan fingerprint density at radius 2 is 1.75 bits per heavy atom. The molecule has 0 aromatic heterocycles. The van der Waals surface area contributed by atoms with Crippen LogP contribution in [0.2, 0.25) is 0 Å². The van der Waals surface area contributed by atoms with Crippen LogP contribution in [-0.4, -0.2) is 32.2 Å². The van der Waals surface area contributed by atoms with E-state index in [0.717, 1.165) is 6.07 Å². The molecule has 2 aromatic rings. The number of carbonyl (C=O) groups is 1. The fraction of sp³-hybridized carbons (Fsp3) is 0.278. The lowest BCUT2D eigenvalue weighted by atomic mass is 9.88. The number of nitro benzene ring substituents is 1. The lowest BCUT2D eigenvalue weighted by molar-refractivity contribution is -0.385. The molecule has 1 fully saturated rings. The van der Waals surface area contributed by atoms with Crippen molar-refractivity contribution in [1.82, 2.24) is 0 Å². The summed E-state index contributed by atoms with van der Waals surface area (Å²) in [6, 6.07) is 8.87. The molecule has 28 heavy (non-hydrogen) atoms. The van der Waals surface area contributed by atoms with Gasteiger partial charge in [-0.3, -0.25) is 14.9 Å². The van der Waals surface area contributed by atoms with E-state index in [-0.39, 0.29) is 22.3 Å². The molecule has 8 nitrogen and oxygen atoms in total. The lowest BCUT2D eigenvalue weighted by Crippen LogP contribution is -2.36. The van der Waals surface area contributed by atoms with Crippen molar-refractivity contribution >= 4 is 27.2 Å². The van der Waals surface area contributed by atoms with Crippen LogP contribution in [0, 0.1) is 21.8 Å². The fourth-order valence-electron chi connectivity index (χ4n) is 3.27. The number of ketones is 1. The number of nitro groups is 1. The van der Waals surface area contributed by atoms with Crippen LogP contribution in [0.5, 0.6) is 0 Å². The topological polar surface area (TPSA) is 124 Å². The van der Waals surface area contributed by atoms with Crippen molar-refractivity contribution in [2.75, 3.05) is 18.0 Å². The molecule has 1 saturated heterocycles. The van der Waals surface area contributed by atoms with Crippen LogP contribution in [0.15, 0.2) is 47.4 Å². The number of anilines is 1. The first-order valence-electron chi connectivity index (χ1n) is 8.52. The predicted octanol–water partition coefficient (Wildman–Crippen LogP) is 2.48. The Morgan fingerprint density at radius 3 is 2.29 bits per heavy atom. The molecule has 0 bridgehead atoms. The number of piperidine rings is 1. The highest BCUT2D eigenvalue weighted by Crippen LogP contribution is 2.30. The van der Waals surface area contributed by atoms with E-state index < -0.39 is 20.8 Å². The number of hydrogen-bond acceptors (Lipinski definition) is 6. The fourth-order valence-corrected chi connectivity index (χ4v) is 3.84. The van der Waals surface area contributed by atoms with Crippen molar-refractivity contribution < 1.29 is 22.5 Å². The number of non-ortho nitro benzene ring substituents is 1. The van der Waals surface area contributed by atoms with Crippen molar-refractivity contribution in [3.05, 3.63) is 64.0 Å². The van der Waals surface area contributed by atoms with E-state index in [4.69, 9.17) is 5.14 Å². The van der Waals surface area contributed by atoms with Crippen LogP contribution in [0.25, 0.3) is 0 Å². The van der Waals surface area contributed by atoms with Gasteiger partial charge in [0.15, 0.2) is 5.78 Å². The maximum atomic E-state index is 13.0. The lowest BCUT2D eigenvalue weighted by Gasteiger charge is -2.33. The standard InChI is InChI=1S/C18H18FN3O5S/c19-14-3-1-12(2-4-14)18(23)13-5-7-21(8-6-13)15-9-16(22(24)25)11-17(10-15)28(20,26)27/h1-4,9-11,13H,5-8H2,(H2,20,26,27). The average Bonchev–Trinajstić information content (AvgIpc) is 2.67. The molecule has 2 N–H and O–H groups in total. The van der Waals surface area contributed by atoms with Gasteiger partial charge >= 0.3 is 0 Å². The summed E-state index contributed by atoms with van der Waals surface area (Å²) in [7, 11) is -4.10. The van der Waals surface area contributed by atoms with E-state index in [1.165, 1.54) is 36.4 Å². The first kappa shape index (κ1) is 19.9. The van der Waals surface area contributed by atoms with Crippen LogP contribution >= 0.6 is 0 Å². The molecule has 0 aliphatic carbocycles. The van der Waals surface area contributed by atoms with Gasteiger partial charge < -0.3 is 4.90 Å². The van der Waals surface area contributed by atoms with E-state index in [9.17, 15) is 27.7 Å². The van der Waals surface area contributed by atoms with Gasteiger partial charge in [0.25, 0.3) is 5.69 Å². The average molecular weight is 407 g/mol. The molecule has 1 aliphatic heterocycles. The van der Waals surface area contributed by atoms with Crippen LogP contribution in [0.1, 0.15) is 23.2 Å². The third-order valence-electron chi connectivity index (χ3n) is 4.78. The van der Waals surface area contributed by atoms with Gasteiger partial charge in [0.05, 0.1) is 9.82 Å².